The summed E-state index contributed by atoms with van der Waals surface area (Å²) in [6, 6.07) is 5.16. The molecule has 2 aromatic heterocycles. The second-order valence-electron chi connectivity index (χ2n) is 9.24. The van der Waals surface area contributed by atoms with Gasteiger partial charge in [0.2, 0.25) is 5.82 Å². The number of hydrogen-bond acceptors (Lipinski definition) is 5. The molecule has 2 aliphatic rings. The Kier molecular flexibility index (Phi) is 4.31. The lowest BCUT2D eigenvalue weighted by atomic mass is 9.76. The van der Waals surface area contributed by atoms with Gasteiger partial charge in [0.05, 0.1) is 5.56 Å². The fraction of sp³-hybridized carbons (Fsp3) is 0.478. The van der Waals surface area contributed by atoms with E-state index in [9.17, 15) is 9.90 Å². The van der Waals surface area contributed by atoms with Crippen LogP contribution in [0.4, 0.5) is 0 Å². The van der Waals surface area contributed by atoms with Crippen molar-refractivity contribution in [3.8, 4) is 23.0 Å². The summed E-state index contributed by atoms with van der Waals surface area (Å²) < 4.78 is 7.72. The molecule has 0 radical (unpaired) electrons. The Morgan fingerprint density at radius 1 is 1.33 bits per heavy atom. The van der Waals surface area contributed by atoms with Gasteiger partial charge < -0.3 is 9.63 Å². The number of hydrogen-bond donors (Lipinski definition) is 1. The molecule has 1 saturated carbocycles. The summed E-state index contributed by atoms with van der Waals surface area (Å²) in [5.41, 5.74) is 5.68. The predicted octanol–water partition coefficient (Wildman–Crippen LogP) is 4.71. The van der Waals surface area contributed by atoms with Gasteiger partial charge in [-0.2, -0.15) is 10.1 Å². The number of aromatic nitrogens is 4. The van der Waals surface area contributed by atoms with Crippen LogP contribution >= 0.6 is 0 Å². The van der Waals surface area contributed by atoms with Crippen LogP contribution in [0, 0.1) is 5.41 Å². The van der Waals surface area contributed by atoms with Crippen molar-refractivity contribution < 1.29 is 14.4 Å². The van der Waals surface area contributed by atoms with E-state index in [1.165, 1.54) is 11.3 Å². The molecule has 0 unspecified atom stereocenters. The third-order valence-electron chi connectivity index (χ3n) is 6.35. The summed E-state index contributed by atoms with van der Waals surface area (Å²) in [4.78, 5) is 16.1. The number of benzene rings is 1. The molecule has 3 aromatic rings. The molecule has 1 N–H and O–H groups in total. The van der Waals surface area contributed by atoms with Crippen LogP contribution in [0.2, 0.25) is 0 Å². The van der Waals surface area contributed by atoms with Crippen LogP contribution in [0.5, 0.6) is 0 Å². The minimum absolute atomic E-state index is 0.266. The van der Waals surface area contributed by atoms with E-state index < -0.39 is 5.97 Å². The van der Waals surface area contributed by atoms with Gasteiger partial charge in [0.1, 0.15) is 0 Å². The van der Waals surface area contributed by atoms with Crippen molar-refractivity contribution >= 4 is 5.97 Å². The summed E-state index contributed by atoms with van der Waals surface area (Å²) >= 11 is 0. The molecule has 0 aliphatic heterocycles. The molecule has 0 saturated heterocycles. The third kappa shape index (κ3) is 3.22. The molecule has 0 bridgehead atoms. The molecule has 156 valence electrons. The lowest BCUT2D eigenvalue weighted by molar-refractivity contribution is 0.0697. The van der Waals surface area contributed by atoms with Crippen molar-refractivity contribution in [2.45, 2.75) is 65.3 Å². The number of carboxylic acids is 1. The molecular formula is C23H26N4O3. The average molecular weight is 406 g/mol. The second-order valence-corrected chi connectivity index (χ2v) is 9.24. The van der Waals surface area contributed by atoms with Crippen LogP contribution in [-0.4, -0.2) is 31.0 Å². The summed E-state index contributed by atoms with van der Waals surface area (Å²) in [6.45, 7) is 7.51. The first-order chi connectivity index (χ1) is 14.4. The predicted molar refractivity (Wildman–Crippen MR) is 111 cm³/mol. The molecule has 2 heterocycles. The third-order valence-corrected chi connectivity index (χ3v) is 6.35. The van der Waals surface area contributed by atoms with Gasteiger partial charge >= 0.3 is 5.97 Å². The fourth-order valence-corrected chi connectivity index (χ4v) is 4.49. The van der Waals surface area contributed by atoms with Crippen molar-refractivity contribution in [3.05, 3.63) is 40.6 Å². The topological polar surface area (TPSA) is 94.0 Å². The highest BCUT2D eigenvalue weighted by Crippen LogP contribution is 2.45. The maximum Gasteiger partial charge on any atom is 0.335 e. The number of carbonyl (C=O) groups is 1. The highest BCUT2D eigenvalue weighted by atomic mass is 16.5. The monoisotopic (exact) mass is 406 g/mol. The van der Waals surface area contributed by atoms with Crippen LogP contribution in [0.3, 0.4) is 0 Å². The van der Waals surface area contributed by atoms with E-state index in [1.54, 1.807) is 18.2 Å². The van der Waals surface area contributed by atoms with Crippen molar-refractivity contribution in [2.75, 3.05) is 0 Å². The Bertz CT molecular complexity index is 1140. The quantitative estimate of drug-likeness (QED) is 0.659. The number of carboxylic acid groups (broad SMARTS) is 1. The first-order valence-corrected chi connectivity index (χ1v) is 10.7. The molecule has 0 spiro atoms. The first kappa shape index (κ1) is 19.0. The standard InChI is InChI=1S/C23H26N4O3/c1-4-27-18-12-23(2,3)10-9-16(18)19(25-27)21-24-20(26-30-21)15-8-7-14(22(28)29)11-17(15)13-5-6-13/h7-8,11,13H,4-6,9-10,12H2,1-3H3,(H,28,29). The summed E-state index contributed by atoms with van der Waals surface area (Å²) in [5, 5.41) is 18.4. The van der Waals surface area contributed by atoms with E-state index in [2.05, 4.69) is 35.6 Å². The number of rotatable bonds is 5. The van der Waals surface area contributed by atoms with Crippen molar-refractivity contribution in [3.63, 3.8) is 0 Å². The van der Waals surface area contributed by atoms with Crippen LogP contribution < -0.4 is 0 Å². The first-order valence-electron chi connectivity index (χ1n) is 10.7. The van der Waals surface area contributed by atoms with Gasteiger partial charge in [-0.15, -0.1) is 0 Å². The Hall–Kier alpha value is -2.96. The maximum absolute atomic E-state index is 11.4. The number of fused-ring (bicyclic) bond motifs is 1. The molecule has 0 amide bonds. The Labute approximate surface area is 175 Å². The molecule has 1 aromatic carbocycles. The second kappa shape index (κ2) is 6.79. The van der Waals surface area contributed by atoms with Crippen LogP contribution in [0.25, 0.3) is 23.0 Å². The van der Waals surface area contributed by atoms with E-state index in [4.69, 9.17) is 9.62 Å². The lowest BCUT2D eigenvalue weighted by Gasteiger charge is -2.30. The van der Waals surface area contributed by atoms with Gasteiger partial charge in [-0.05, 0) is 74.1 Å². The van der Waals surface area contributed by atoms with Gasteiger partial charge in [-0.25, -0.2) is 4.79 Å². The van der Waals surface area contributed by atoms with E-state index >= 15 is 0 Å². The van der Waals surface area contributed by atoms with Crippen molar-refractivity contribution in [2.24, 2.45) is 5.41 Å². The van der Waals surface area contributed by atoms with Crippen molar-refractivity contribution in [1.82, 2.24) is 19.9 Å². The summed E-state index contributed by atoms with van der Waals surface area (Å²) in [5.74, 6) is 0.393. The zero-order valence-electron chi connectivity index (χ0n) is 17.6. The maximum atomic E-state index is 11.4. The minimum Gasteiger partial charge on any atom is -0.478 e. The van der Waals surface area contributed by atoms with Crippen LogP contribution in [-0.2, 0) is 19.4 Å². The van der Waals surface area contributed by atoms with Crippen molar-refractivity contribution in [1.29, 1.82) is 0 Å². The smallest absolute Gasteiger partial charge is 0.335 e. The Morgan fingerprint density at radius 3 is 2.83 bits per heavy atom. The van der Waals surface area contributed by atoms with Gasteiger partial charge in [0, 0.05) is 23.4 Å². The summed E-state index contributed by atoms with van der Waals surface area (Å²) in [6.07, 6.45) is 5.17. The summed E-state index contributed by atoms with van der Waals surface area (Å²) in [7, 11) is 0. The zero-order valence-corrected chi connectivity index (χ0v) is 17.6. The lowest BCUT2D eigenvalue weighted by Crippen LogP contribution is -2.24. The Balaban J connectivity index is 1.55. The zero-order chi connectivity index (χ0) is 21.0. The molecule has 5 rings (SSSR count). The van der Waals surface area contributed by atoms with Gasteiger partial charge in [0.15, 0.2) is 5.69 Å². The highest BCUT2D eigenvalue weighted by Gasteiger charge is 2.33. The van der Waals surface area contributed by atoms with E-state index in [0.717, 1.165) is 55.5 Å². The normalized spacial score (nSPS) is 17.7. The molecule has 7 heteroatoms. The molecule has 2 aliphatic carbocycles. The molecule has 0 atom stereocenters. The van der Waals surface area contributed by atoms with Gasteiger partial charge in [-0.3, -0.25) is 4.68 Å². The van der Waals surface area contributed by atoms with E-state index in [0.29, 0.717) is 23.2 Å². The van der Waals surface area contributed by atoms with Crippen LogP contribution in [0.15, 0.2) is 22.7 Å². The minimum atomic E-state index is -0.920. The SMILES string of the molecule is CCn1nc(-c2nc(-c3ccc(C(=O)O)cc3C3CC3)no2)c2c1CC(C)(C)CC2. The molecule has 1 fully saturated rings. The van der Waals surface area contributed by atoms with E-state index in [1.807, 2.05) is 0 Å². The highest BCUT2D eigenvalue weighted by molar-refractivity contribution is 5.89. The fourth-order valence-electron chi connectivity index (χ4n) is 4.49. The molecule has 30 heavy (non-hydrogen) atoms. The van der Waals surface area contributed by atoms with Crippen LogP contribution in [0.1, 0.15) is 73.1 Å². The number of nitrogens with zero attached hydrogens (tertiary/aromatic N) is 4. The number of aryl methyl sites for hydroxylation is 1. The van der Waals surface area contributed by atoms with E-state index in [-0.39, 0.29) is 5.41 Å². The number of aromatic carboxylic acids is 1. The van der Waals surface area contributed by atoms with Gasteiger partial charge in [-0.1, -0.05) is 19.0 Å². The van der Waals surface area contributed by atoms with Gasteiger partial charge in [0.25, 0.3) is 5.89 Å². The molecule has 7 nitrogen and oxygen atoms in total. The average Bonchev–Trinajstić information content (AvgIpc) is 3.34. The molecular weight excluding hydrogens is 380 g/mol. The Morgan fingerprint density at radius 2 is 2.13 bits per heavy atom. The largest absolute Gasteiger partial charge is 0.478 e.